The molecule has 0 bridgehead atoms. The van der Waals surface area contributed by atoms with Crippen LogP contribution >= 0.6 is 0 Å². The lowest BCUT2D eigenvalue weighted by Crippen LogP contribution is -2.37. The number of hydrogen-bond donors (Lipinski definition) is 1. The molecule has 1 aliphatic heterocycles. The summed E-state index contributed by atoms with van der Waals surface area (Å²) in [7, 11) is 0. The number of likely N-dealkylation sites (tertiary alicyclic amines) is 1. The van der Waals surface area contributed by atoms with E-state index in [9.17, 15) is 5.11 Å². The quantitative estimate of drug-likeness (QED) is 0.844. The minimum absolute atomic E-state index is 0.341. The highest BCUT2D eigenvalue weighted by Crippen LogP contribution is 2.19. The van der Waals surface area contributed by atoms with Gasteiger partial charge in [-0.05, 0) is 30.9 Å². The molecule has 0 aliphatic carbocycles. The molecule has 1 heterocycles. The Kier molecular flexibility index (Phi) is 3.97. The number of hydrogen-bond acceptors (Lipinski definition) is 2. The van der Waals surface area contributed by atoms with Gasteiger partial charge < -0.3 is 10.0 Å². The second-order valence-corrected chi connectivity index (χ2v) is 4.93. The van der Waals surface area contributed by atoms with E-state index in [2.05, 4.69) is 11.8 Å². The molecule has 1 aromatic carbocycles. The fourth-order valence-corrected chi connectivity index (χ4v) is 2.48. The summed E-state index contributed by atoms with van der Waals surface area (Å²) in [4.78, 5) is 2.38. The van der Waals surface area contributed by atoms with Crippen LogP contribution < -0.4 is 0 Å². The monoisotopic (exact) mass is 219 g/mol. The third-order valence-corrected chi connectivity index (χ3v) is 3.36. The van der Waals surface area contributed by atoms with E-state index < -0.39 is 0 Å². The van der Waals surface area contributed by atoms with E-state index in [0.29, 0.717) is 0 Å². The lowest BCUT2D eigenvalue weighted by atomic mass is 9.99. The highest BCUT2D eigenvalue weighted by molar-refractivity contribution is 5.17. The van der Waals surface area contributed by atoms with Crippen molar-refractivity contribution in [2.75, 3.05) is 19.6 Å². The average molecular weight is 219 g/mol. The summed E-state index contributed by atoms with van der Waals surface area (Å²) in [6.45, 7) is 5.33. The molecule has 1 N–H and O–H groups in total. The molecule has 0 unspecified atom stereocenters. The molecular formula is C14H21NO. The van der Waals surface area contributed by atoms with E-state index in [1.54, 1.807) is 0 Å². The molecule has 1 aliphatic rings. The number of benzene rings is 1. The molecule has 2 heteroatoms. The molecule has 0 saturated carbocycles. The van der Waals surface area contributed by atoms with Gasteiger partial charge in [-0.15, -0.1) is 0 Å². The van der Waals surface area contributed by atoms with Gasteiger partial charge in [0.25, 0.3) is 0 Å². The second-order valence-electron chi connectivity index (χ2n) is 4.93. The third-order valence-electron chi connectivity index (χ3n) is 3.36. The Labute approximate surface area is 97.9 Å². The van der Waals surface area contributed by atoms with Crippen molar-refractivity contribution >= 4 is 0 Å². The predicted molar refractivity (Wildman–Crippen MR) is 66.2 cm³/mol. The first-order chi connectivity index (χ1) is 7.75. The van der Waals surface area contributed by atoms with E-state index in [-0.39, 0.29) is 6.10 Å². The number of aliphatic hydroxyl groups excluding tert-OH is 1. The maximum Gasteiger partial charge on any atom is 0.0916 e. The SMILES string of the molecule is C[C@H]1CCCN(C[C@@H](O)c2ccccc2)C1. The van der Waals surface area contributed by atoms with Gasteiger partial charge in [0, 0.05) is 13.1 Å². The molecule has 16 heavy (non-hydrogen) atoms. The van der Waals surface area contributed by atoms with Gasteiger partial charge in [-0.1, -0.05) is 37.3 Å². The Hall–Kier alpha value is -0.860. The number of aliphatic hydroxyl groups is 1. The number of piperidine rings is 1. The molecule has 1 saturated heterocycles. The van der Waals surface area contributed by atoms with Crippen LogP contribution in [-0.4, -0.2) is 29.6 Å². The normalized spacial score (nSPS) is 24.2. The van der Waals surface area contributed by atoms with Gasteiger partial charge in [0.1, 0.15) is 0 Å². The Morgan fingerprint density at radius 3 is 2.81 bits per heavy atom. The third kappa shape index (κ3) is 3.06. The van der Waals surface area contributed by atoms with Crippen LogP contribution in [0.3, 0.4) is 0 Å². The zero-order valence-corrected chi connectivity index (χ0v) is 9.97. The van der Waals surface area contributed by atoms with Gasteiger partial charge in [-0.3, -0.25) is 0 Å². The lowest BCUT2D eigenvalue weighted by Gasteiger charge is -2.32. The topological polar surface area (TPSA) is 23.5 Å². The van der Waals surface area contributed by atoms with Gasteiger partial charge >= 0.3 is 0 Å². The van der Waals surface area contributed by atoms with Crippen LogP contribution in [0, 0.1) is 5.92 Å². The average Bonchev–Trinajstić information content (AvgIpc) is 2.30. The van der Waals surface area contributed by atoms with Gasteiger partial charge in [-0.2, -0.15) is 0 Å². The van der Waals surface area contributed by atoms with Crippen LogP contribution in [0.4, 0.5) is 0 Å². The number of rotatable bonds is 3. The molecular weight excluding hydrogens is 198 g/mol. The minimum atomic E-state index is -0.341. The molecule has 0 aromatic heterocycles. The lowest BCUT2D eigenvalue weighted by molar-refractivity contribution is 0.0876. The number of nitrogens with zero attached hydrogens (tertiary/aromatic N) is 1. The zero-order valence-electron chi connectivity index (χ0n) is 9.97. The maximum absolute atomic E-state index is 10.1. The van der Waals surface area contributed by atoms with E-state index in [1.165, 1.54) is 12.8 Å². The first-order valence-electron chi connectivity index (χ1n) is 6.21. The standard InChI is InChI=1S/C14H21NO/c1-12-6-5-9-15(10-12)11-14(16)13-7-3-2-4-8-13/h2-4,7-8,12,14,16H,5-6,9-11H2,1H3/t12-,14+/m0/s1. The van der Waals surface area contributed by atoms with Crippen molar-refractivity contribution in [3.05, 3.63) is 35.9 Å². The fraction of sp³-hybridized carbons (Fsp3) is 0.571. The van der Waals surface area contributed by atoms with Crippen LogP contribution in [0.5, 0.6) is 0 Å². The summed E-state index contributed by atoms with van der Waals surface area (Å²) in [5, 5.41) is 10.1. The van der Waals surface area contributed by atoms with Crippen LogP contribution in [0.25, 0.3) is 0 Å². The molecule has 0 radical (unpaired) electrons. The Morgan fingerprint density at radius 2 is 2.12 bits per heavy atom. The summed E-state index contributed by atoms with van der Waals surface area (Å²) < 4.78 is 0. The van der Waals surface area contributed by atoms with E-state index in [4.69, 9.17) is 0 Å². The molecule has 2 nitrogen and oxygen atoms in total. The Balaban J connectivity index is 1.89. The second kappa shape index (κ2) is 5.46. The highest BCUT2D eigenvalue weighted by atomic mass is 16.3. The van der Waals surface area contributed by atoms with E-state index in [0.717, 1.165) is 31.1 Å². The fourth-order valence-electron chi connectivity index (χ4n) is 2.48. The van der Waals surface area contributed by atoms with Gasteiger partial charge in [0.15, 0.2) is 0 Å². The van der Waals surface area contributed by atoms with Crippen molar-refractivity contribution in [2.45, 2.75) is 25.9 Å². The van der Waals surface area contributed by atoms with Crippen LogP contribution in [0.2, 0.25) is 0 Å². The van der Waals surface area contributed by atoms with Crippen molar-refractivity contribution in [2.24, 2.45) is 5.92 Å². The molecule has 1 aromatic rings. The van der Waals surface area contributed by atoms with Crippen LogP contribution in [0.1, 0.15) is 31.4 Å². The predicted octanol–water partition coefficient (Wildman–Crippen LogP) is 2.45. The van der Waals surface area contributed by atoms with Gasteiger partial charge in [0.2, 0.25) is 0 Å². The molecule has 88 valence electrons. The summed E-state index contributed by atoms with van der Waals surface area (Å²) in [5.74, 6) is 0.775. The van der Waals surface area contributed by atoms with Gasteiger partial charge in [0.05, 0.1) is 6.10 Å². The molecule has 1 fully saturated rings. The van der Waals surface area contributed by atoms with Crippen molar-refractivity contribution in [1.82, 2.24) is 4.90 Å². The molecule has 2 rings (SSSR count). The van der Waals surface area contributed by atoms with Crippen molar-refractivity contribution in [3.8, 4) is 0 Å². The smallest absolute Gasteiger partial charge is 0.0916 e. The van der Waals surface area contributed by atoms with E-state index >= 15 is 0 Å². The summed E-state index contributed by atoms with van der Waals surface area (Å²) >= 11 is 0. The first kappa shape index (κ1) is 11.6. The number of β-amino-alcohol motifs (C(OH)–C–C–N with tert-alkyl or cyclic N) is 1. The first-order valence-corrected chi connectivity index (χ1v) is 6.21. The zero-order chi connectivity index (χ0) is 11.4. The van der Waals surface area contributed by atoms with Crippen molar-refractivity contribution < 1.29 is 5.11 Å². The van der Waals surface area contributed by atoms with Crippen molar-refractivity contribution in [3.63, 3.8) is 0 Å². The minimum Gasteiger partial charge on any atom is -0.387 e. The van der Waals surface area contributed by atoms with Crippen LogP contribution in [0.15, 0.2) is 30.3 Å². The molecule has 2 atom stereocenters. The molecule has 0 spiro atoms. The Bertz CT molecular complexity index is 312. The van der Waals surface area contributed by atoms with E-state index in [1.807, 2.05) is 30.3 Å². The Morgan fingerprint density at radius 1 is 1.38 bits per heavy atom. The molecule has 0 amide bonds. The highest BCUT2D eigenvalue weighted by Gasteiger charge is 2.19. The van der Waals surface area contributed by atoms with Crippen molar-refractivity contribution in [1.29, 1.82) is 0 Å². The van der Waals surface area contributed by atoms with Crippen LogP contribution in [-0.2, 0) is 0 Å². The van der Waals surface area contributed by atoms with Gasteiger partial charge in [-0.25, -0.2) is 0 Å². The summed E-state index contributed by atoms with van der Waals surface area (Å²) in [5.41, 5.74) is 1.03. The summed E-state index contributed by atoms with van der Waals surface area (Å²) in [6.07, 6.45) is 2.26. The largest absolute Gasteiger partial charge is 0.387 e. The summed E-state index contributed by atoms with van der Waals surface area (Å²) in [6, 6.07) is 9.95. The maximum atomic E-state index is 10.1.